The fourth-order valence-corrected chi connectivity index (χ4v) is 10.4. The van der Waals surface area contributed by atoms with Crippen LogP contribution in [0.15, 0.2) is 24.3 Å². The number of hydrogen-bond donors (Lipinski definition) is 3. The van der Waals surface area contributed by atoms with Gasteiger partial charge in [-0.3, -0.25) is 9.59 Å². The molecule has 0 aliphatic carbocycles. The molecule has 6 nitrogen and oxygen atoms in total. The van der Waals surface area contributed by atoms with Crippen LogP contribution in [-0.2, 0) is 14.3 Å². The summed E-state index contributed by atoms with van der Waals surface area (Å²) >= 11 is 0. The number of amides is 1. The highest BCUT2D eigenvalue weighted by atomic mass is 16.5. The van der Waals surface area contributed by atoms with Gasteiger partial charge in [0.05, 0.1) is 25.4 Å². The molecule has 2 unspecified atom stereocenters. The summed E-state index contributed by atoms with van der Waals surface area (Å²) in [5.74, 6) is -0.0640. The van der Waals surface area contributed by atoms with E-state index >= 15 is 0 Å². The molecule has 0 aliphatic rings. The van der Waals surface area contributed by atoms with Crippen LogP contribution in [0.4, 0.5) is 0 Å². The average Bonchev–Trinajstić information content (AvgIpc) is 3.39. The van der Waals surface area contributed by atoms with Gasteiger partial charge in [0.2, 0.25) is 5.91 Å². The van der Waals surface area contributed by atoms with Gasteiger partial charge in [-0.05, 0) is 57.8 Å². The lowest BCUT2D eigenvalue weighted by atomic mass is 10.0. The smallest absolute Gasteiger partial charge is 0.305 e. The molecular formula is C67H129NO5. The first-order valence-corrected chi connectivity index (χ1v) is 33.1. The summed E-state index contributed by atoms with van der Waals surface area (Å²) in [6.45, 7) is 4.93. The maximum atomic E-state index is 12.5. The van der Waals surface area contributed by atoms with E-state index in [0.29, 0.717) is 19.4 Å². The molecule has 0 aromatic rings. The second-order valence-electron chi connectivity index (χ2n) is 22.8. The van der Waals surface area contributed by atoms with Gasteiger partial charge < -0.3 is 20.3 Å². The van der Waals surface area contributed by atoms with E-state index in [0.717, 1.165) is 44.9 Å². The minimum Gasteiger partial charge on any atom is -0.466 e. The lowest BCUT2D eigenvalue weighted by molar-refractivity contribution is -0.143. The highest BCUT2D eigenvalue weighted by Gasteiger charge is 2.18. The monoisotopic (exact) mass is 1030 g/mol. The van der Waals surface area contributed by atoms with E-state index in [1.165, 1.54) is 295 Å². The zero-order chi connectivity index (χ0) is 52.9. The van der Waals surface area contributed by atoms with Crippen molar-refractivity contribution in [1.82, 2.24) is 5.32 Å². The standard InChI is InChI=1S/C67H129NO5/c1-3-5-7-9-11-13-15-17-19-20-21-22-25-28-32-35-39-43-47-51-55-59-65(70)64(63-69)68-66(71)60-56-52-48-44-40-36-33-29-26-23-24-27-30-34-38-42-46-50-54-58-62-73-67(72)61-57-53-49-45-41-37-31-18-16-14-12-10-8-6-4-2/h23,26,55,59,64-65,69-70H,3-22,24-25,27-54,56-58,60-63H2,1-2H3,(H,68,71)/b26-23-,59-55+. The first-order valence-electron chi connectivity index (χ1n) is 33.1. The third-order valence-electron chi connectivity index (χ3n) is 15.5. The molecule has 2 atom stereocenters. The quantitative estimate of drug-likeness (QED) is 0.0320. The van der Waals surface area contributed by atoms with Crippen LogP contribution in [-0.4, -0.2) is 47.4 Å². The van der Waals surface area contributed by atoms with Gasteiger partial charge in [-0.15, -0.1) is 0 Å². The SMILES string of the molecule is CCCCCCCCCCCCCCCCCCCCC/C=C/C(O)C(CO)NC(=O)CCCCCCCCC/C=C\CCCCCCCCCCCOC(=O)CCCCCCCCCCCCCCCCC. The van der Waals surface area contributed by atoms with E-state index in [1.54, 1.807) is 6.08 Å². The summed E-state index contributed by atoms with van der Waals surface area (Å²) in [5.41, 5.74) is 0. The Morgan fingerprint density at radius 1 is 0.370 bits per heavy atom. The van der Waals surface area contributed by atoms with E-state index in [1.807, 2.05) is 6.08 Å². The predicted molar refractivity (Wildman–Crippen MR) is 320 cm³/mol. The molecule has 0 spiro atoms. The van der Waals surface area contributed by atoms with E-state index in [2.05, 4.69) is 31.3 Å². The van der Waals surface area contributed by atoms with Gasteiger partial charge in [0.15, 0.2) is 0 Å². The molecule has 1 amide bonds. The molecule has 0 fully saturated rings. The highest BCUT2D eigenvalue weighted by molar-refractivity contribution is 5.76. The maximum Gasteiger partial charge on any atom is 0.305 e. The lowest BCUT2D eigenvalue weighted by Crippen LogP contribution is -2.45. The summed E-state index contributed by atoms with van der Waals surface area (Å²) in [6, 6.07) is -0.635. The largest absolute Gasteiger partial charge is 0.466 e. The number of aliphatic hydroxyl groups excluding tert-OH is 2. The molecule has 0 aromatic carbocycles. The number of carbonyl (C=O) groups is 2. The van der Waals surface area contributed by atoms with Gasteiger partial charge >= 0.3 is 5.97 Å². The number of esters is 1. The van der Waals surface area contributed by atoms with Crippen molar-refractivity contribution in [3.05, 3.63) is 24.3 Å². The van der Waals surface area contributed by atoms with Gasteiger partial charge in [-0.2, -0.15) is 0 Å². The molecule has 0 heterocycles. The van der Waals surface area contributed by atoms with Gasteiger partial charge in [-0.25, -0.2) is 0 Å². The van der Waals surface area contributed by atoms with Gasteiger partial charge in [0.25, 0.3) is 0 Å². The summed E-state index contributed by atoms with van der Waals surface area (Å²) in [6.07, 6.45) is 78.0. The Morgan fingerprint density at radius 3 is 0.973 bits per heavy atom. The fourth-order valence-electron chi connectivity index (χ4n) is 10.4. The molecule has 0 saturated carbocycles. The van der Waals surface area contributed by atoms with E-state index in [-0.39, 0.29) is 18.5 Å². The van der Waals surface area contributed by atoms with Gasteiger partial charge in [0, 0.05) is 12.8 Å². The highest BCUT2D eigenvalue weighted by Crippen LogP contribution is 2.18. The number of unbranched alkanes of at least 4 members (excludes halogenated alkanes) is 49. The van der Waals surface area contributed by atoms with Crippen molar-refractivity contribution in [2.75, 3.05) is 13.2 Å². The number of hydrogen-bond acceptors (Lipinski definition) is 5. The van der Waals surface area contributed by atoms with Crippen LogP contribution in [0.1, 0.15) is 367 Å². The molecule has 0 aromatic heterocycles. The summed E-state index contributed by atoms with van der Waals surface area (Å²) < 4.78 is 5.49. The number of rotatable bonds is 62. The van der Waals surface area contributed by atoms with Crippen molar-refractivity contribution in [3.8, 4) is 0 Å². The molecule has 0 radical (unpaired) electrons. The Balaban J connectivity index is 3.45. The molecule has 73 heavy (non-hydrogen) atoms. The lowest BCUT2D eigenvalue weighted by Gasteiger charge is -2.20. The number of nitrogens with one attached hydrogen (secondary N) is 1. The van der Waals surface area contributed by atoms with E-state index in [9.17, 15) is 19.8 Å². The minimum absolute atomic E-state index is 0.00912. The predicted octanol–water partition coefficient (Wildman–Crippen LogP) is 21.0. The Kier molecular flexibility index (Phi) is 61.4. The van der Waals surface area contributed by atoms with Crippen molar-refractivity contribution in [2.24, 2.45) is 0 Å². The summed E-state index contributed by atoms with van der Waals surface area (Å²) in [5, 5.41) is 23.2. The van der Waals surface area contributed by atoms with E-state index < -0.39 is 12.1 Å². The maximum absolute atomic E-state index is 12.5. The van der Waals surface area contributed by atoms with Crippen molar-refractivity contribution in [1.29, 1.82) is 0 Å². The van der Waals surface area contributed by atoms with Crippen molar-refractivity contribution in [3.63, 3.8) is 0 Å². The third-order valence-corrected chi connectivity index (χ3v) is 15.5. The van der Waals surface area contributed by atoms with Crippen LogP contribution in [0.2, 0.25) is 0 Å². The van der Waals surface area contributed by atoms with Crippen LogP contribution in [0.5, 0.6) is 0 Å². The van der Waals surface area contributed by atoms with Crippen LogP contribution in [0.25, 0.3) is 0 Å². The zero-order valence-electron chi connectivity index (χ0n) is 49.4. The molecule has 0 aliphatic heterocycles. The molecule has 6 heteroatoms. The van der Waals surface area contributed by atoms with Gasteiger partial charge in [-0.1, -0.05) is 321 Å². The van der Waals surface area contributed by atoms with Crippen LogP contribution in [0, 0.1) is 0 Å². The number of allylic oxidation sites excluding steroid dienone is 3. The summed E-state index contributed by atoms with van der Waals surface area (Å²) in [7, 11) is 0. The third kappa shape index (κ3) is 59.4. The Morgan fingerprint density at radius 2 is 0.644 bits per heavy atom. The van der Waals surface area contributed by atoms with Gasteiger partial charge in [0.1, 0.15) is 0 Å². The van der Waals surface area contributed by atoms with Crippen molar-refractivity contribution in [2.45, 2.75) is 379 Å². The Bertz CT molecular complexity index is 1140. The molecule has 0 rings (SSSR count). The second-order valence-corrected chi connectivity index (χ2v) is 22.8. The Hall–Kier alpha value is -1.66. The average molecular weight is 1030 g/mol. The van der Waals surface area contributed by atoms with Crippen LogP contribution in [0.3, 0.4) is 0 Å². The summed E-state index contributed by atoms with van der Waals surface area (Å²) in [4.78, 5) is 24.6. The Labute approximate surface area is 456 Å². The molecule has 0 bridgehead atoms. The molecule has 432 valence electrons. The number of aliphatic hydroxyl groups is 2. The fraction of sp³-hybridized carbons (Fsp3) is 0.910. The minimum atomic E-state index is -0.851. The number of ether oxygens (including phenoxy) is 1. The first-order chi connectivity index (χ1) is 36.0. The molecule has 3 N–H and O–H groups in total. The van der Waals surface area contributed by atoms with Crippen molar-refractivity contribution >= 4 is 11.9 Å². The molecular weight excluding hydrogens is 899 g/mol. The zero-order valence-corrected chi connectivity index (χ0v) is 49.4. The van der Waals surface area contributed by atoms with E-state index in [4.69, 9.17) is 4.74 Å². The second kappa shape index (κ2) is 62.9. The first kappa shape index (κ1) is 71.3. The topological polar surface area (TPSA) is 95.9 Å². The number of carbonyl (C=O) groups excluding carboxylic acids is 2. The van der Waals surface area contributed by atoms with Crippen LogP contribution >= 0.6 is 0 Å². The normalized spacial score (nSPS) is 12.7. The van der Waals surface area contributed by atoms with Crippen molar-refractivity contribution < 1.29 is 24.5 Å². The molecule has 0 saturated heterocycles. The van der Waals surface area contributed by atoms with Crippen LogP contribution < -0.4 is 5.32 Å².